The van der Waals surface area contributed by atoms with Crippen molar-refractivity contribution in [2.75, 3.05) is 5.73 Å². The molecule has 0 aliphatic heterocycles. The first-order valence-electron chi connectivity index (χ1n) is 5.99. The third kappa shape index (κ3) is 2.33. The lowest BCUT2D eigenvalue weighted by Gasteiger charge is -2.07. The van der Waals surface area contributed by atoms with E-state index in [0.717, 1.165) is 22.4 Å². The van der Waals surface area contributed by atoms with E-state index < -0.39 is 0 Å². The lowest BCUT2D eigenvalue weighted by atomic mass is 10.2. The van der Waals surface area contributed by atoms with E-state index in [4.69, 9.17) is 10.5 Å². The largest absolute Gasteiger partial charge is 0.457 e. The van der Waals surface area contributed by atoms with Gasteiger partial charge in [0.2, 0.25) is 0 Å². The highest BCUT2D eigenvalue weighted by atomic mass is 16.5. The van der Waals surface area contributed by atoms with Crippen LogP contribution in [0, 0.1) is 6.92 Å². The zero-order valence-corrected chi connectivity index (χ0v) is 10.5. The van der Waals surface area contributed by atoms with Crippen LogP contribution in [0.4, 0.5) is 5.82 Å². The second-order valence-electron chi connectivity index (χ2n) is 4.25. The Kier molecular flexibility index (Phi) is 2.76. The Balaban J connectivity index is 2.02. The van der Waals surface area contributed by atoms with Crippen molar-refractivity contribution >= 4 is 16.7 Å². The van der Waals surface area contributed by atoms with Crippen molar-refractivity contribution in [3.63, 3.8) is 0 Å². The highest BCUT2D eigenvalue weighted by Gasteiger charge is 2.05. The van der Waals surface area contributed by atoms with E-state index in [9.17, 15) is 0 Å². The van der Waals surface area contributed by atoms with Crippen LogP contribution in [-0.4, -0.2) is 9.97 Å². The van der Waals surface area contributed by atoms with Crippen molar-refractivity contribution < 1.29 is 4.74 Å². The van der Waals surface area contributed by atoms with Crippen LogP contribution in [0.3, 0.4) is 0 Å². The van der Waals surface area contributed by atoms with Crippen molar-refractivity contribution in [1.29, 1.82) is 0 Å². The third-order valence-electron chi connectivity index (χ3n) is 2.79. The quantitative estimate of drug-likeness (QED) is 0.759. The molecule has 0 saturated heterocycles. The highest BCUT2D eigenvalue weighted by molar-refractivity contribution is 5.89. The molecule has 0 spiro atoms. The normalized spacial score (nSPS) is 10.6. The van der Waals surface area contributed by atoms with Crippen LogP contribution in [0.2, 0.25) is 0 Å². The average Bonchev–Trinajstić information content (AvgIpc) is 2.40. The summed E-state index contributed by atoms with van der Waals surface area (Å²) in [4.78, 5) is 8.50. The number of nitrogens with zero attached hydrogens (tertiary/aromatic N) is 2. The van der Waals surface area contributed by atoms with Crippen LogP contribution in [0.15, 0.2) is 48.5 Å². The number of nitrogen functional groups attached to an aromatic ring is 1. The number of anilines is 1. The maximum atomic E-state index is 5.91. The first-order valence-corrected chi connectivity index (χ1v) is 5.99. The number of aromatic nitrogens is 2. The average molecular weight is 251 g/mol. The van der Waals surface area contributed by atoms with Crippen molar-refractivity contribution in [3.05, 3.63) is 54.4 Å². The molecule has 2 N–H and O–H groups in total. The van der Waals surface area contributed by atoms with Crippen LogP contribution in [-0.2, 0) is 0 Å². The summed E-state index contributed by atoms with van der Waals surface area (Å²) in [6, 6.07) is 15.2. The molecule has 0 aliphatic carbocycles. The molecular weight excluding hydrogens is 238 g/mol. The molecule has 2 aromatic carbocycles. The van der Waals surface area contributed by atoms with E-state index in [1.54, 1.807) is 0 Å². The number of rotatable bonds is 2. The van der Waals surface area contributed by atoms with Gasteiger partial charge in [0.25, 0.3) is 0 Å². The SMILES string of the molecule is Cc1nc(N)c2cc(Oc3ccccc3)ccc2n1. The summed E-state index contributed by atoms with van der Waals surface area (Å²) in [5, 5.41) is 0.805. The molecule has 1 heterocycles. The van der Waals surface area contributed by atoms with Gasteiger partial charge in [0.1, 0.15) is 23.1 Å². The monoisotopic (exact) mass is 251 g/mol. The van der Waals surface area contributed by atoms with Gasteiger partial charge in [-0.15, -0.1) is 0 Å². The highest BCUT2D eigenvalue weighted by Crippen LogP contribution is 2.26. The van der Waals surface area contributed by atoms with Gasteiger partial charge in [0, 0.05) is 5.39 Å². The van der Waals surface area contributed by atoms with Crippen LogP contribution >= 0.6 is 0 Å². The first kappa shape index (κ1) is 11.5. The fraction of sp³-hybridized carbons (Fsp3) is 0.0667. The van der Waals surface area contributed by atoms with Gasteiger partial charge in [-0.1, -0.05) is 18.2 Å². The second-order valence-corrected chi connectivity index (χ2v) is 4.25. The van der Waals surface area contributed by atoms with E-state index in [-0.39, 0.29) is 0 Å². The topological polar surface area (TPSA) is 61.0 Å². The molecule has 0 fully saturated rings. The number of benzene rings is 2. The Hall–Kier alpha value is -2.62. The fourth-order valence-corrected chi connectivity index (χ4v) is 1.94. The molecule has 4 heteroatoms. The van der Waals surface area contributed by atoms with Gasteiger partial charge in [-0.3, -0.25) is 0 Å². The van der Waals surface area contributed by atoms with E-state index >= 15 is 0 Å². The number of hydrogen-bond donors (Lipinski definition) is 1. The Morgan fingerprint density at radius 1 is 0.947 bits per heavy atom. The van der Waals surface area contributed by atoms with Gasteiger partial charge in [0.05, 0.1) is 5.52 Å². The predicted octanol–water partition coefficient (Wildman–Crippen LogP) is 3.31. The first-order chi connectivity index (χ1) is 9.22. The standard InChI is InChI=1S/C15H13N3O/c1-10-17-14-8-7-12(9-13(14)15(16)18-10)19-11-5-3-2-4-6-11/h2-9H,1H3,(H2,16,17,18). The lowest BCUT2D eigenvalue weighted by molar-refractivity contribution is 0.483. The van der Waals surface area contributed by atoms with Crippen LogP contribution in [0.1, 0.15) is 5.82 Å². The number of nitrogens with two attached hydrogens (primary N) is 1. The molecular formula is C15H13N3O. The molecule has 94 valence electrons. The minimum Gasteiger partial charge on any atom is -0.457 e. The van der Waals surface area contributed by atoms with Gasteiger partial charge in [-0.2, -0.15) is 0 Å². The molecule has 19 heavy (non-hydrogen) atoms. The zero-order chi connectivity index (χ0) is 13.2. The van der Waals surface area contributed by atoms with Gasteiger partial charge in [-0.05, 0) is 37.3 Å². The van der Waals surface area contributed by atoms with Gasteiger partial charge in [-0.25, -0.2) is 9.97 Å². The van der Waals surface area contributed by atoms with Gasteiger partial charge >= 0.3 is 0 Å². The van der Waals surface area contributed by atoms with Crippen molar-refractivity contribution in [2.24, 2.45) is 0 Å². The molecule has 3 rings (SSSR count). The molecule has 0 unspecified atom stereocenters. The van der Waals surface area contributed by atoms with Crippen molar-refractivity contribution in [2.45, 2.75) is 6.92 Å². The fourth-order valence-electron chi connectivity index (χ4n) is 1.94. The maximum absolute atomic E-state index is 5.91. The Bertz CT molecular complexity index is 726. The second kappa shape index (κ2) is 4.57. The lowest BCUT2D eigenvalue weighted by Crippen LogP contribution is -1.97. The van der Waals surface area contributed by atoms with Crippen LogP contribution in [0.25, 0.3) is 10.9 Å². The number of para-hydroxylation sites is 1. The summed E-state index contributed by atoms with van der Waals surface area (Å²) in [6.45, 7) is 1.82. The molecule has 3 aromatic rings. The number of aryl methyl sites for hydroxylation is 1. The zero-order valence-electron chi connectivity index (χ0n) is 10.5. The molecule has 0 atom stereocenters. The van der Waals surface area contributed by atoms with Crippen LogP contribution in [0.5, 0.6) is 11.5 Å². The number of fused-ring (bicyclic) bond motifs is 1. The summed E-state index contributed by atoms with van der Waals surface area (Å²) in [7, 11) is 0. The van der Waals surface area contributed by atoms with E-state index in [2.05, 4.69) is 9.97 Å². The van der Waals surface area contributed by atoms with Crippen LogP contribution < -0.4 is 10.5 Å². The van der Waals surface area contributed by atoms with E-state index in [1.165, 1.54) is 0 Å². The molecule has 0 radical (unpaired) electrons. The molecule has 0 saturated carbocycles. The van der Waals surface area contributed by atoms with E-state index in [0.29, 0.717) is 11.6 Å². The minimum atomic E-state index is 0.473. The molecule has 0 amide bonds. The summed E-state index contributed by atoms with van der Waals surface area (Å²) >= 11 is 0. The van der Waals surface area contributed by atoms with Crippen molar-refractivity contribution in [3.8, 4) is 11.5 Å². The van der Waals surface area contributed by atoms with E-state index in [1.807, 2.05) is 55.5 Å². The minimum absolute atomic E-state index is 0.473. The molecule has 0 aliphatic rings. The van der Waals surface area contributed by atoms with Gasteiger partial charge < -0.3 is 10.5 Å². The predicted molar refractivity (Wildman–Crippen MR) is 75.2 cm³/mol. The Labute approximate surface area is 110 Å². The number of ether oxygens (including phenoxy) is 1. The summed E-state index contributed by atoms with van der Waals surface area (Å²) in [5.41, 5.74) is 6.74. The van der Waals surface area contributed by atoms with Crippen molar-refractivity contribution in [1.82, 2.24) is 9.97 Å². The summed E-state index contributed by atoms with van der Waals surface area (Å²) < 4.78 is 5.76. The Morgan fingerprint density at radius 3 is 2.53 bits per heavy atom. The summed E-state index contributed by atoms with van der Waals surface area (Å²) in [5.74, 6) is 2.65. The number of hydrogen-bond acceptors (Lipinski definition) is 4. The maximum Gasteiger partial charge on any atom is 0.135 e. The molecule has 4 nitrogen and oxygen atoms in total. The smallest absolute Gasteiger partial charge is 0.135 e. The Morgan fingerprint density at radius 2 is 1.74 bits per heavy atom. The summed E-state index contributed by atoms with van der Waals surface area (Å²) in [6.07, 6.45) is 0. The third-order valence-corrected chi connectivity index (χ3v) is 2.79. The molecule has 1 aromatic heterocycles. The van der Waals surface area contributed by atoms with Gasteiger partial charge in [0.15, 0.2) is 0 Å². The molecule has 0 bridgehead atoms.